The first-order valence-electron chi connectivity index (χ1n) is 7.62. The summed E-state index contributed by atoms with van der Waals surface area (Å²) in [5.41, 5.74) is 1.79. The van der Waals surface area contributed by atoms with E-state index in [0.717, 1.165) is 5.69 Å². The second-order valence-corrected chi connectivity index (χ2v) is 6.42. The highest BCUT2D eigenvalue weighted by molar-refractivity contribution is 7.99. The zero-order valence-corrected chi connectivity index (χ0v) is 15.4. The van der Waals surface area contributed by atoms with E-state index >= 15 is 0 Å². The Morgan fingerprint density at radius 2 is 2.04 bits per heavy atom. The van der Waals surface area contributed by atoms with Crippen molar-refractivity contribution >= 4 is 29.3 Å². The molecule has 0 aromatic carbocycles. The predicted molar refractivity (Wildman–Crippen MR) is 92.3 cm³/mol. The number of halogens is 2. The van der Waals surface area contributed by atoms with Gasteiger partial charge in [0.25, 0.3) is 11.7 Å². The molecule has 0 unspecified atom stereocenters. The molecule has 0 aliphatic rings. The van der Waals surface area contributed by atoms with Gasteiger partial charge in [-0.2, -0.15) is 13.9 Å². The summed E-state index contributed by atoms with van der Waals surface area (Å²) >= 11 is 0.141. The van der Waals surface area contributed by atoms with Crippen molar-refractivity contribution in [1.29, 1.82) is 0 Å². The molecule has 0 spiro atoms. The van der Waals surface area contributed by atoms with Crippen molar-refractivity contribution in [2.24, 2.45) is 7.05 Å². The molecule has 26 heavy (non-hydrogen) atoms. The quantitative estimate of drug-likeness (QED) is 0.609. The normalized spacial score (nSPS) is 12.1. The fourth-order valence-electron chi connectivity index (χ4n) is 2.18. The number of hydrogen-bond acceptors (Lipinski definition) is 6. The van der Waals surface area contributed by atoms with Crippen LogP contribution in [0.5, 0.6) is 0 Å². The van der Waals surface area contributed by atoms with E-state index in [2.05, 4.69) is 15.4 Å². The van der Waals surface area contributed by atoms with Gasteiger partial charge in [0.15, 0.2) is 6.10 Å². The molecule has 0 saturated heterocycles. The van der Waals surface area contributed by atoms with Crippen molar-refractivity contribution in [2.75, 3.05) is 5.32 Å². The maximum absolute atomic E-state index is 12.6. The van der Waals surface area contributed by atoms with Crippen LogP contribution in [-0.2, 0) is 16.6 Å². The van der Waals surface area contributed by atoms with E-state index in [1.54, 1.807) is 25.6 Å². The van der Waals surface area contributed by atoms with Gasteiger partial charge >= 0.3 is 5.97 Å². The van der Waals surface area contributed by atoms with Crippen LogP contribution in [0.1, 0.15) is 28.7 Å². The molecule has 0 aliphatic carbocycles. The summed E-state index contributed by atoms with van der Waals surface area (Å²) in [5.74, 6) is -4.18. The number of hydrogen-bond donors (Lipinski definition) is 1. The summed E-state index contributed by atoms with van der Waals surface area (Å²) < 4.78 is 31.9. The van der Waals surface area contributed by atoms with Gasteiger partial charge < -0.3 is 10.1 Å². The molecule has 0 saturated carbocycles. The second-order valence-electron chi connectivity index (χ2n) is 5.44. The molecule has 1 amide bonds. The lowest BCUT2D eigenvalue weighted by molar-refractivity contribution is -0.123. The summed E-state index contributed by atoms with van der Waals surface area (Å²) in [6.45, 7) is 4.92. The Kier molecular flexibility index (Phi) is 6.30. The molecule has 0 fully saturated rings. The Labute approximate surface area is 153 Å². The van der Waals surface area contributed by atoms with E-state index in [9.17, 15) is 18.4 Å². The Bertz CT molecular complexity index is 826. The summed E-state index contributed by atoms with van der Waals surface area (Å²) in [4.78, 5) is 28.3. The number of anilines is 1. The molecule has 0 bridgehead atoms. The Hall–Kier alpha value is -2.49. The van der Waals surface area contributed by atoms with Gasteiger partial charge in [-0.1, -0.05) is 0 Å². The minimum atomic E-state index is -2.73. The largest absolute Gasteiger partial charge is 0.449 e. The highest BCUT2D eigenvalue weighted by Crippen LogP contribution is 2.27. The first kappa shape index (κ1) is 19.8. The lowest BCUT2D eigenvalue weighted by atomic mass is 10.2. The lowest BCUT2D eigenvalue weighted by Crippen LogP contribution is -2.30. The highest BCUT2D eigenvalue weighted by atomic mass is 32.2. The van der Waals surface area contributed by atoms with Gasteiger partial charge in [0, 0.05) is 13.2 Å². The van der Waals surface area contributed by atoms with Gasteiger partial charge in [-0.15, -0.1) is 0 Å². The maximum Gasteiger partial charge on any atom is 0.341 e. The summed E-state index contributed by atoms with van der Waals surface area (Å²) in [7, 11) is 1.74. The number of thioether (sulfide) groups is 1. The molecule has 140 valence electrons. The fourth-order valence-corrected chi connectivity index (χ4v) is 2.75. The molecule has 0 radical (unpaired) electrons. The molecule has 10 heteroatoms. The first-order valence-corrected chi connectivity index (χ1v) is 8.50. The number of ether oxygens (including phenoxy) is 1. The summed E-state index contributed by atoms with van der Waals surface area (Å²) in [6, 6.07) is 2.75. The molecule has 2 rings (SSSR count). The fraction of sp³-hybridized carbons (Fsp3) is 0.375. The van der Waals surface area contributed by atoms with E-state index in [0.29, 0.717) is 11.4 Å². The Morgan fingerprint density at radius 3 is 2.62 bits per heavy atom. The van der Waals surface area contributed by atoms with Gasteiger partial charge in [0.05, 0.1) is 22.6 Å². The van der Waals surface area contributed by atoms with Crippen LogP contribution in [0.4, 0.5) is 14.5 Å². The minimum Gasteiger partial charge on any atom is -0.449 e. The maximum atomic E-state index is 12.6. The number of esters is 1. The van der Waals surface area contributed by atoms with Gasteiger partial charge in [-0.25, -0.2) is 9.78 Å². The van der Waals surface area contributed by atoms with Crippen LogP contribution >= 0.6 is 11.8 Å². The number of nitrogens with one attached hydrogen (secondary N) is 1. The number of pyridine rings is 1. The number of alkyl halides is 2. The minimum absolute atomic E-state index is 0.119. The van der Waals surface area contributed by atoms with Crippen LogP contribution in [0, 0.1) is 13.8 Å². The van der Waals surface area contributed by atoms with Crippen molar-refractivity contribution in [3.05, 3.63) is 35.3 Å². The third-order valence-electron chi connectivity index (χ3n) is 3.60. The third kappa shape index (κ3) is 4.57. The number of aromatic nitrogens is 3. The SMILES string of the molecule is Cc1nn(C)c(C)c1NC(=O)[C@H](C)OC(=O)c1cccnc1SC(F)F. The summed E-state index contributed by atoms with van der Waals surface area (Å²) in [6.07, 6.45) is 0.164. The first-order chi connectivity index (χ1) is 12.2. The lowest BCUT2D eigenvalue weighted by Gasteiger charge is -2.14. The van der Waals surface area contributed by atoms with Crippen LogP contribution in [-0.4, -0.2) is 38.5 Å². The molecule has 0 aliphatic heterocycles. The van der Waals surface area contributed by atoms with Crippen LogP contribution < -0.4 is 5.32 Å². The standard InChI is InChI=1S/C16H18F2N4O3S/c1-8-12(9(2)22(4)21-8)20-13(23)10(3)25-15(24)11-6-5-7-19-14(11)26-16(17)18/h5-7,10,16H,1-4H3,(H,20,23)/t10-/m0/s1. The molecule has 2 aromatic heterocycles. The van der Waals surface area contributed by atoms with E-state index in [4.69, 9.17) is 4.74 Å². The van der Waals surface area contributed by atoms with E-state index < -0.39 is 23.7 Å². The topological polar surface area (TPSA) is 86.1 Å². The Balaban J connectivity index is 2.08. The van der Waals surface area contributed by atoms with E-state index in [-0.39, 0.29) is 22.4 Å². The van der Waals surface area contributed by atoms with Crippen LogP contribution in [0.2, 0.25) is 0 Å². The molecule has 1 N–H and O–H groups in total. The monoisotopic (exact) mass is 384 g/mol. The van der Waals surface area contributed by atoms with Crippen molar-refractivity contribution in [3.8, 4) is 0 Å². The van der Waals surface area contributed by atoms with Crippen molar-refractivity contribution in [1.82, 2.24) is 14.8 Å². The average Bonchev–Trinajstić information content (AvgIpc) is 2.80. The number of carbonyl (C=O) groups excluding carboxylic acids is 2. The van der Waals surface area contributed by atoms with Gasteiger partial charge in [0.1, 0.15) is 5.03 Å². The number of nitrogens with zero attached hydrogens (tertiary/aromatic N) is 3. The second kappa shape index (κ2) is 8.26. The molecule has 2 heterocycles. The molecule has 1 atom stereocenters. The molecular formula is C16H18F2N4O3S. The van der Waals surface area contributed by atoms with Crippen LogP contribution in [0.25, 0.3) is 0 Å². The van der Waals surface area contributed by atoms with Gasteiger partial charge in [-0.3, -0.25) is 9.48 Å². The zero-order valence-electron chi connectivity index (χ0n) is 14.6. The van der Waals surface area contributed by atoms with E-state index in [1.165, 1.54) is 25.3 Å². The highest BCUT2D eigenvalue weighted by Gasteiger charge is 2.24. The van der Waals surface area contributed by atoms with Gasteiger partial charge in [-0.05, 0) is 44.7 Å². The third-order valence-corrected chi connectivity index (χ3v) is 4.33. The zero-order chi connectivity index (χ0) is 19.4. The average molecular weight is 384 g/mol. The Morgan fingerprint density at radius 1 is 1.35 bits per heavy atom. The predicted octanol–water partition coefficient (Wildman–Crippen LogP) is 2.93. The number of amides is 1. The molecular weight excluding hydrogens is 366 g/mol. The van der Waals surface area contributed by atoms with Gasteiger partial charge in [0.2, 0.25) is 0 Å². The molecule has 2 aromatic rings. The number of aryl methyl sites for hydroxylation is 2. The molecule has 7 nitrogen and oxygen atoms in total. The number of carbonyl (C=O) groups is 2. The van der Waals surface area contributed by atoms with Crippen molar-refractivity contribution in [3.63, 3.8) is 0 Å². The number of rotatable bonds is 6. The van der Waals surface area contributed by atoms with Crippen molar-refractivity contribution < 1.29 is 23.1 Å². The van der Waals surface area contributed by atoms with Crippen molar-refractivity contribution in [2.45, 2.75) is 37.7 Å². The van der Waals surface area contributed by atoms with Crippen LogP contribution in [0.3, 0.4) is 0 Å². The van der Waals surface area contributed by atoms with E-state index in [1.807, 2.05) is 0 Å². The smallest absolute Gasteiger partial charge is 0.341 e. The summed E-state index contributed by atoms with van der Waals surface area (Å²) in [5, 5.41) is 6.69. The van der Waals surface area contributed by atoms with Crippen LogP contribution in [0.15, 0.2) is 23.4 Å².